The second-order valence-corrected chi connectivity index (χ2v) is 25.5. The Kier molecular flexibility index (Phi) is 16.1. The third kappa shape index (κ3) is 9.21. The van der Waals surface area contributed by atoms with Crippen LogP contribution in [0.3, 0.4) is 0 Å². The van der Waals surface area contributed by atoms with Crippen molar-refractivity contribution >= 4 is 5.97 Å². The van der Waals surface area contributed by atoms with Gasteiger partial charge >= 0.3 is 5.97 Å². The zero-order chi connectivity index (χ0) is 54.9. The van der Waals surface area contributed by atoms with Crippen LogP contribution in [0.15, 0.2) is 11.6 Å². The van der Waals surface area contributed by atoms with Crippen molar-refractivity contribution in [3.63, 3.8) is 0 Å². The highest BCUT2D eigenvalue weighted by Gasteiger charge is 2.72. The number of carbonyl (C=O) groups is 1. The van der Waals surface area contributed by atoms with Gasteiger partial charge in [0.15, 0.2) is 18.9 Å². The Labute approximate surface area is 437 Å². The highest BCUT2D eigenvalue weighted by atomic mass is 16.8. The van der Waals surface area contributed by atoms with E-state index in [-0.39, 0.29) is 35.2 Å². The van der Waals surface area contributed by atoms with Gasteiger partial charge in [-0.2, -0.15) is 0 Å². The molecule has 0 unspecified atom stereocenters. The number of hydrogen-bond donors (Lipinski definition) is 13. The molecule has 0 amide bonds. The standard InChI is InChI=1S/C53H86O22/c1-22-11-16-53(47(66)75-45-40(65)37(62)34(59)27(72-45)21-69-43-38(63)36(61)33(58)26(19-54)71-43)18-17-50(6)24(42(53)52(22,8)67)9-10-29-49(5)14-13-30(48(3,4)28(49)12-15-51(29,50)7)73-46-41(32(57)25(55)20-68-46)74-44-39(64)35(60)31(56)23(2)70-44/h9,22-23,25-46,54-65,67H,10-21H2,1-8H3/t22-,23+,25+,26-,27-,28+,29-,30+,31+,32+,33-,34-,35-,36-,37+,38-,39-,40-,41-,42-,43-,44+,45+,46+,49+,50-,51-,52-,53+/m1/s1. The van der Waals surface area contributed by atoms with Crippen LogP contribution in [0.4, 0.5) is 0 Å². The number of esters is 1. The lowest BCUT2D eigenvalue weighted by Crippen LogP contribution is -2.68. The van der Waals surface area contributed by atoms with Crippen molar-refractivity contribution in [2.45, 2.75) is 242 Å². The number of aliphatic hydroxyl groups is 13. The molecule has 22 heteroatoms. The van der Waals surface area contributed by atoms with Crippen molar-refractivity contribution in [2.24, 2.45) is 50.7 Å². The molecule has 9 rings (SSSR count). The maximum absolute atomic E-state index is 15.1. The molecule has 13 N–H and O–H groups in total. The Balaban J connectivity index is 0.937. The number of rotatable bonds is 10. The molecule has 0 aromatic rings. The number of hydrogen-bond acceptors (Lipinski definition) is 22. The predicted molar refractivity (Wildman–Crippen MR) is 257 cm³/mol. The molecule has 4 saturated carbocycles. The van der Waals surface area contributed by atoms with Gasteiger partial charge in [0.1, 0.15) is 85.5 Å². The first-order valence-corrected chi connectivity index (χ1v) is 27.3. The Bertz CT molecular complexity index is 2080. The monoisotopic (exact) mass is 1070 g/mol. The number of allylic oxidation sites excluding steroid dienone is 1. The van der Waals surface area contributed by atoms with E-state index in [1.165, 1.54) is 6.92 Å². The zero-order valence-electron chi connectivity index (χ0n) is 44.4. The third-order valence-electron chi connectivity index (χ3n) is 21.4. The quantitative estimate of drug-likeness (QED) is 0.0680. The second-order valence-electron chi connectivity index (χ2n) is 25.5. The fourth-order valence-corrected chi connectivity index (χ4v) is 16.3. The van der Waals surface area contributed by atoms with Crippen LogP contribution in [0.25, 0.3) is 0 Å². The van der Waals surface area contributed by atoms with Gasteiger partial charge in [0.05, 0.1) is 43.0 Å². The van der Waals surface area contributed by atoms with Crippen LogP contribution >= 0.6 is 0 Å². The third-order valence-corrected chi connectivity index (χ3v) is 21.4. The second kappa shape index (κ2) is 20.7. The first-order chi connectivity index (χ1) is 35.0. The maximum atomic E-state index is 15.1. The van der Waals surface area contributed by atoms with E-state index in [2.05, 4.69) is 40.7 Å². The topological polar surface area (TPSA) is 354 Å². The number of carbonyl (C=O) groups excluding carboxylic acids is 1. The van der Waals surface area contributed by atoms with Crippen molar-refractivity contribution in [2.75, 3.05) is 19.8 Å². The molecule has 0 aromatic carbocycles. The smallest absolute Gasteiger partial charge is 0.315 e. The first-order valence-electron chi connectivity index (χ1n) is 27.3. The zero-order valence-corrected chi connectivity index (χ0v) is 44.4. The molecule has 0 radical (unpaired) electrons. The van der Waals surface area contributed by atoms with Crippen molar-refractivity contribution < 1.29 is 109 Å². The van der Waals surface area contributed by atoms with E-state index >= 15 is 4.79 Å². The van der Waals surface area contributed by atoms with E-state index in [4.69, 9.17) is 37.9 Å². The van der Waals surface area contributed by atoms with Crippen LogP contribution in [0, 0.1) is 50.7 Å². The Morgan fingerprint density at radius 2 is 1.27 bits per heavy atom. The van der Waals surface area contributed by atoms with Gasteiger partial charge in [-0.15, -0.1) is 0 Å². The number of fused-ring (bicyclic) bond motifs is 7. The first kappa shape index (κ1) is 58.1. The minimum atomic E-state index is -1.89. The summed E-state index contributed by atoms with van der Waals surface area (Å²) in [6, 6.07) is 0. The molecule has 0 bridgehead atoms. The normalized spacial score (nSPS) is 55.8. The maximum Gasteiger partial charge on any atom is 0.315 e. The largest absolute Gasteiger partial charge is 0.432 e. The summed E-state index contributed by atoms with van der Waals surface area (Å²) in [5.74, 6) is -1.35. The van der Waals surface area contributed by atoms with Crippen LogP contribution < -0.4 is 0 Å². The number of ether oxygens (including phenoxy) is 8. The fourth-order valence-electron chi connectivity index (χ4n) is 16.3. The van der Waals surface area contributed by atoms with Crippen LogP contribution in [-0.4, -0.2) is 221 Å². The molecular weight excluding hydrogens is 989 g/mol. The van der Waals surface area contributed by atoms with E-state index < -0.39 is 170 Å². The van der Waals surface area contributed by atoms with E-state index in [1.807, 2.05) is 6.92 Å². The molecule has 75 heavy (non-hydrogen) atoms. The van der Waals surface area contributed by atoms with Crippen molar-refractivity contribution in [3.05, 3.63) is 11.6 Å². The molecule has 4 saturated heterocycles. The molecule has 4 heterocycles. The summed E-state index contributed by atoms with van der Waals surface area (Å²) >= 11 is 0. The van der Waals surface area contributed by atoms with Gasteiger partial charge in [0.25, 0.3) is 0 Å². The van der Waals surface area contributed by atoms with Crippen LogP contribution in [0.1, 0.15) is 113 Å². The van der Waals surface area contributed by atoms with Gasteiger partial charge in [0.2, 0.25) is 6.29 Å². The van der Waals surface area contributed by atoms with Crippen molar-refractivity contribution in [1.82, 2.24) is 0 Å². The highest BCUT2D eigenvalue weighted by molar-refractivity contribution is 5.79. The molecule has 0 spiro atoms. The summed E-state index contributed by atoms with van der Waals surface area (Å²) in [5.41, 5.74) is -3.14. The van der Waals surface area contributed by atoms with Gasteiger partial charge in [-0.05, 0) is 111 Å². The Morgan fingerprint density at radius 1 is 0.640 bits per heavy atom. The summed E-state index contributed by atoms with van der Waals surface area (Å²) in [6.45, 7) is 15.1. The molecule has 29 atom stereocenters. The Hall–Kier alpha value is -1.59. The minimum Gasteiger partial charge on any atom is -0.432 e. The number of aliphatic hydroxyl groups excluding tert-OH is 12. The molecule has 4 aliphatic heterocycles. The van der Waals surface area contributed by atoms with Crippen LogP contribution in [-0.2, 0) is 42.7 Å². The SMILES string of the molecule is C[C@@H]1O[C@@H](O[C@H]2[C@H](O[C@H]3CC[C@]4(C)[C@H]5CC=C6[C@H]7[C@](C(=O)O[C@@H]8O[C@H](CO[C@@H]9O[C@H](CO)[C@@H](O)[C@@H](O)[C@H]9O)[C@@H](O)[C@H](O)[C@H]8O)(CC[C@@H](C)[C@@]7(C)O)CC[C@@]6(C)[C@]5(C)CC[C@H]4C3(C)C)OC[C@H](O)[C@@H]2O)[C@H](O)[C@H](O)[C@H]1O. The lowest BCUT2D eigenvalue weighted by molar-refractivity contribution is -0.364. The summed E-state index contributed by atoms with van der Waals surface area (Å²) in [7, 11) is 0. The van der Waals surface area contributed by atoms with E-state index in [0.717, 1.165) is 24.8 Å². The van der Waals surface area contributed by atoms with Gasteiger partial charge < -0.3 is 104 Å². The summed E-state index contributed by atoms with van der Waals surface area (Å²) < 4.78 is 47.7. The lowest BCUT2D eigenvalue weighted by atomic mass is 9.33. The molecular formula is C53H86O22. The highest BCUT2D eigenvalue weighted by Crippen LogP contribution is 2.76. The molecule has 0 aromatic heterocycles. The van der Waals surface area contributed by atoms with E-state index in [0.29, 0.717) is 38.5 Å². The molecule has 430 valence electrons. The lowest BCUT2D eigenvalue weighted by Gasteiger charge is -2.72. The molecule has 5 aliphatic carbocycles. The van der Waals surface area contributed by atoms with Crippen LogP contribution in [0.5, 0.6) is 0 Å². The molecule has 9 aliphatic rings. The average molecular weight is 1080 g/mol. The predicted octanol–water partition coefficient (Wildman–Crippen LogP) is -1.40. The van der Waals surface area contributed by atoms with Gasteiger partial charge in [0, 0.05) is 5.92 Å². The van der Waals surface area contributed by atoms with Crippen molar-refractivity contribution in [1.29, 1.82) is 0 Å². The van der Waals surface area contributed by atoms with E-state index in [9.17, 15) is 66.4 Å². The minimum absolute atomic E-state index is 0.137. The molecule has 8 fully saturated rings. The fraction of sp³-hybridized carbons (Fsp3) is 0.943. The van der Waals surface area contributed by atoms with Gasteiger partial charge in [-0.3, -0.25) is 4.79 Å². The van der Waals surface area contributed by atoms with Gasteiger partial charge in [-0.1, -0.05) is 53.2 Å². The summed E-state index contributed by atoms with van der Waals surface area (Å²) in [5, 5.41) is 140. The Morgan fingerprint density at radius 3 is 1.95 bits per heavy atom. The van der Waals surface area contributed by atoms with E-state index in [1.54, 1.807) is 6.92 Å². The summed E-state index contributed by atoms with van der Waals surface area (Å²) in [4.78, 5) is 15.1. The molecule has 22 nitrogen and oxygen atoms in total. The van der Waals surface area contributed by atoms with Gasteiger partial charge in [-0.25, -0.2) is 0 Å². The average Bonchev–Trinajstić information content (AvgIpc) is 3.36. The van der Waals surface area contributed by atoms with Crippen LogP contribution in [0.2, 0.25) is 0 Å². The van der Waals surface area contributed by atoms with Crippen molar-refractivity contribution in [3.8, 4) is 0 Å². The summed E-state index contributed by atoms with van der Waals surface area (Å²) in [6.07, 6.45) is -21.8.